The predicted molar refractivity (Wildman–Crippen MR) is 119 cm³/mol. The average Bonchev–Trinajstić information content (AvgIpc) is 3.21. The van der Waals surface area contributed by atoms with Gasteiger partial charge in [0.1, 0.15) is 11.6 Å². The maximum atomic E-state index is 13.5. The molecule has 0 bridgehead atoms. The Bertz CT molecular complexity index is 1130. The van der Waals surface area contributed by atoms with E-state index in [0.29, 0.717) is 12.4 Å². The van der Waals surface area contributed by atoms with Gasteiger partial charge in [0, 0.05) is 12.8 Å². The molecule has 0 fully saturated rings. The number of benzene rings is 2. The standard InChI is InChI=1S/C23H24FN5O4/c1-33-17-11-7-14(8-12-17)18-13-19(15-5-9-16(24)10-6-15)29-23(25-18)27-22(28-29)26-20(30)3-2-4-21(31)32/h5-12,18-19H,2-4,13H2,1H3,(H,31,32)(H2,25,26,27,28,30)/t18-,19+/m0/s1. The molecule has 1 aliphatic heterocycles. The molecular formula is C23H24FN5O4. The van der Waals surface area contributed by atoms with E-state index >= 15 is 0 Å². The second-order valence-corrected chi connectivity index (χ2v) is 7.77. The van der Waals surface area contributed by atoms with Crippen LogP contribution in [0.25, 0.3) is 0 Å². The highest BCUT2D eigenvalue weighted by Gasteiger charge is 2.31. The van der Waals surface area contributed by atoms with E-state index in [2.05, 4.69) is 20.7 Å². The second kappa shape index (κ2) is 9.68. The maximum Gasteiger partial charge on any atom is 0.303 e. The highest BCUT2D eigenvalue weighted by Crippen LogP contribution is 2.38. The van der Waals surface area contributed by atoms with E-state index in [1.54, 1.807) is 23.9 Å². The van der Waals surface area contributed by atoms with Gasteiger partial charge in [0.2, 0.25) is 11.9 Å². The van der Waals surface area contributed by atoms with Crippen molar-refractivity contribution in [3.8, 4) is 5.75 Å². The van der Waals surface area contributed by atoms with Gasteiger partial charge in [-0.05, 0) is 48.2 Å². The number of nitrogens with one attached hydrogen (secondary N) is 2. The molecule has 9 nitrogen and oxygen atoms in total. The highest BCUT2D eigenvalue weighted by atomic mass is 19.1. The summed E-state index contributed by atoms with van der Waals surface area (Å²) >= 11 is 0. The molecule has 0 saturated carbocycles. The fraction of sp³-hybridized carbons (Fsp3) is 0.304. The van der Waals surface area contributed by atoms with E-state index in [1.165, 1.54) is 12.1 Å². The molecule has 4 rings (SSSR count). The van der Waals surface area contributed by atoms with Crippen LogP contribution in [0.15, 0.2) is 48.5 Å². The Morgan fingerprint density at radius 3 is 2.52 bits per heavy atom. The first-order chi connectivity index (χ1) is 15.9. The van der Waals surface area contributed by atoms with E-state index in [-0.39, 0.29) is 49.0 Å². The smallest absolute Gasteiger partial charge is 0.303 e. The van der Waals surface area contributed by atoms with Crippen LogP contribution >= 0.6 is 0 Å². The molecular weight excluding hydrogens is 429 g/mol. The summed E-state index contributed by atoms with van der Waals surface area (Å²) in [7, 11) is 1.61. The summed E-state index contributed by atoms with van der Waals surface area (Å²) in [5.74, 6) is -0.288. The number of nitrogens with zero attached hydrogens (tertiary/aromatic N) is 3. The maximum absolute atomic E-state index is 13.5. The third kappa shape index (κ3) is 5.28. The van der Waals surface area contributed by atoms with Crippen LogP contribution in [0, 0.1) is 5.82 Å². The molecule has 2 heterocycles. The predicted octanol–water partition coefficient (Wildman–Crippen LogP) is 3.77. The van der Waals surface area contributed by atoms with Crippen molar-refractivity contribution in [1.29, 1.82) is 0 Å². The zero-order chi connectivity index (χ0) is 23.4. The van der Waals surface area contributed by atoms with Crippen LogP contribution in [0.4, 0.5) is 16.3 Å². The minimum atomic E-state index is -0.950. The van der Waals surface area contributed by atoms with Crippen LogP contribution in [0.3, 0.4) is 0 Å². The summed E-state index contributed by atoms with van der Waals surface area (Å²) in [4.78, 5) is 27.3. The number of rotatable bonds is 8. The van der Waals surface area contributed by atoms with Gasteiger partial charge in [-0.15, -0.1) is 5.10 Å². The Labute approximate surface area is 189 Å². The molecule has 0 unspecified atom stereocenters. The summed E-state index contributed by atoms with van der Waals surface area (Å²) in [5.41, 5.74) is 1.89. The van der Waals surface area contributed by atoms with Crippen LogP contribution in [0.1, 0.15) is 48.9 Å². The van der Waals surface area contributed by atoms with Gasteiger partial charge in [0.05, 0.1) is 19.2 Å². The van der Waals surface area contributed by atoms with Crippen molar-refractivity contribution in [1.82, 2.24) is 14.8 Å². The fourth-order valence-electron chi connectivity index (χ4n) is 3.84. The summed E-state index contributed by atoms with van der Waals surface area (Å²) in [5, 5.41) is 19.2. The first-order valence-electron chi connectivity index (χ1n) is 10.6. The fourth-order valence-corrected chi connectivity index (χ4v) is 3.84. The van der Waals surface area contributed by atoms with Crippen molar-refractivity contribution in [2.45, 2.75) is 37.8 Å². The Kier molecular flexibility index (Phi) is 6.53. The lowest BCUT2D eigenvalue weighted by Gasteiger charge is -2.31. The van der Waals surface area contributed by atoms with Gasteiger partial charge in [0.25, 0.3) is 5.95 Å². The van der Waals surface area contributed by atoms with Crippen LogP contribution in [0.2, 0.25) is 0 Å². The average molecular weight is 453 g/mol. The number of ether oxygens (including phenoxy) is 1. The molecule has 1 aliphatic rings. The molecule has 3 aromatic rings. The number of halogens is 1. The molecule has 3 N–H and O–H groups in total. The number of amides is 1. The molecule has 2 aromatic carbocycles. The van der Waals surface area contributed by atoms with Crippen LogP contribution < -0.4 is 15.4 Å². The Morgan fingerprint density at radius 1 is 1.15 bits per heavy atom. The van der Waals surface area contributed by atoms with Gasteiger partial charge in [-0.1, -0.05) is 24.3 Å². The van der Waals surface area contributed by atoms with Crippen molar-refractivity contribution in [2.75, 3.05) is 17.7 Å². The van der Waals surface area contributed by atoms with E-state index in [0.717, 1.165) is 16.9 Å². The van der Waals surface area contributed by atoms with E-state index in [9.17, 15) is 14.0 Å². The molecule has 172 valence electrons. The number of anilines is 2. The summed E-state index contributed by atoms with van der Waals surface area (Å²) < 4.78 is 20.4. The van der Waals surface area contributed by atoms with Crippen LogP contribution in [-0.4, -0.2) is 38.9 Å². The van der Waals surface area contributed by atoms with Gasteiger partial charge in [0.15, 0.2) is 0 Å². The second-order valence-electron chi connectivity index (χ2n) is 7.77. The number of carbonyl (C=O) groups excluding carboxylic acids is 1. The van der Waals surface area contributed by atoms with Crippen LogP contribution in [0.5, 0.6) is 5.75 Å². The molecule has 1 aromatic heterocycles. The number of fused-ring (bicyclic) bond motifs is 1. The van der Waals surface area contributed by atoms with Crippen molar-refractivity contribution in [3.05, 3.63) is 65.5 Å². The Morgan fingerprint density at radius 2 is 1.85 bits per heavy atom. The largest absolute Gasteiger partial charge is 0.497 e. The lowest BCUT2D eigenvalue weighted by Crippen LogP contribution is -2.28. The number of carbonyl (C=O) groups is 2. The normalized spacial score (nSPS) is 17.0. The quantitative estimate of drug-likeness (QED) is 0.475. The molecule has 0 radical (unpaired) electrons. The number of aliphatic carboxylic acids is 1. The van der Waals surface area contributed by atoms with Crippen molar-refractivity contribution >= 4 is 23.8 Å². The van der Waals surface area contributed by atoms with E-state index < -0.39 is 5.97 Å². The molecule has 0 spiro atoms. The third-order valence-electron chi connectivity index (χ3n) is 5.51. The highest BCUT2D eigenvalue weighted by molar-refractivity contribution is 5.89. The van der Waals surface area contributed by atoms with E-state index in [1.807, 2.05) is 24.3 Å². The van der Waals surface area contributed by atoms with E-state index in [4.69, 9.17) is 9.84 Å². The Hall–Kier alpha value is -3.95. The van der Waals surface area contributed by atoms with Gasteiger partial charge < -0.3 is 15.2 Å². The zero-order valence-electron chi connectivity index (χ0n) is 18.0. The monoisotopic (exact) mass is 453 g/mol. The number of hydrogen-bond acceptors (Lipinski definition) is 6. The topological polar surface area (TPSA) is 118 Å². The molecule has 2 atom stereocenters. The molecule has 33 heavy (non-hydrogen) atoms. The summed E-state index contributed by atoms with van der Waals surface area (Å²) in [6.45, 7) is 0. The lowest BCUT2D eigenvalue weighted by atomic mass is 9.93. The number of carboxylic acid groups (broad SMARTS) is 1. The third-order valence-corrected chi connectivity index (χ3v) is 5.51. The molecule has 0 aliphatic carbocycles. The number of methoxy groups -OCH3 is 1. The molecule has 1 amide bonds. The summed E-state index contributed by atoms with van der Waals surface area (Å²) in [6, 6.07) is 13.6. The number of hydrogen-bond donors (Lipinski definition) is 3. The van der Waals surface area contributed by atoms with Gasteiger partial charge in [-0.2, -0.15) is 4.98 Å². The van der Waals surface area contributed by atoms with Crippen molar-refractivity contribution < 1.29 is 23.8 Å². The molecule has 0 saturated heterocycles. The van der Waals surface area contributed by atoms with Crippen molar-refractivity contribution in [3.63, 3.8) is 0 Å². The minimum Gasteiger partial charge on any atom is -0.497 e. The Balaban J connectivity index is 1.59. The SMILES string of the molecule is COc1ccc([C@@H]2C[C@H](c3ccc(F)cc3)n3nc(NC(=O)CCCC(=O)O)nc3N2)cc1. The number of aromatic nitrogens is 3. The van der Waals surface area contributed by atoms with Gasteiger partial charge in [-0.3, -0.25) is 14.9 Å². The lowest BCUT2D eigenvalue weighted by molar-refractivity contribution is -0.137. The first kappa shape index (κ1) is 22.3. The van der Waals surface area contributed by atoms with Gasteiger partial charge >= 0.3 is 5.97 Å². The minimum absolute atomic E-state index is 0.0550. The summed E-state index contributed by atoms with van der Waals surface area (Å²) in [6.07, 6.45) is 0.822. The zero-order valence-corrected chi connectivity index (χ0v) is 18.0. The van der Waals surface area contributed by atoms with Gasteiger partial charge in [-0.25, -0.2) is 9.07 Å². The van der Waals surface area contributed by atoms with Crippen LogP contribution in [-0.2, 0) is 9.59 Å². The number of carboxylic acids is 1. The molecule has 10 heteroatoms. The first-order valence-corrected chi connectivity index (χ1v) is 10.6. The van der Waals surface area contributed by atoms with Crippen molar-refractivity contribution in [2.24, 2.45) is 0 Å².